The van der Waals surface area contributed by atoms with Crippen LogP contribution in [0.15, 0.2) is 53.4 Å². The first-order valence-corrected chi connectivity index (χ1v) is 11.3. The standard InChI is InChI=1S/C22H30N2O4S/c1-4-5-9-14-23-22(25)20(16-18-10-7-6-8-11-18)24-29(26,27)19-12-13-21(28-3)17(2)15-19/h6-8,10-13,15,20,24H,4-5,9,14,16H2,1-3H3,(H,23,25). The van der Waals surface area contributed by atoms with Gasteiger partial charge in [-0.3, -0.25) is 4.79 Å². The molecule has 0 bridgehead atoms. The van der Waals surface area contributed by atoms with Crippen LogP contribution in [-0.2, 0) is 21.2 Å². The normalized spacial score (nSPS) is 12.4. The van der Waals surface area contributed by atoms with Crippen molar-refractivity contribution in [1.82, 2.24) is 10.0 Å². The maximum absolute atomic E-state index is 12.9. The Balaban J connectivity index is 2.20. The van der Waals surface area contributed by atoms with Gasteiger partial charge in [0.1, 0.15) is 11.8 Å². The Morgan fingerprint density at radius 1 is 1.10 bits per heavy atom. The Labute approximate surface area is 173 Å². The summed E-state index contributed by atoms with van der Waals surface area (Å²) in [7, 11) is -2.34. The van der Waals surface area contributed by atoms with Crippen LogP contribution in [0.2, 0.25) is 0 Å². The number of ether oxygens (including phenoxy) is 1. The fourth-order valence-electron chi connectivity index (χ4n) is 3.02. The minimum Gasteiger partial charge on any atom is -0.496 e. The van der Waals surface area contributed by atoms with Gasteiger partial charge in [0.2, 0.25) is 15.9 Å². The molecule has 2 N–H and O–H groups in total. The summed E-state index contributed by atoms with van der Waals surface area (Å²) in [6.45, 7) is 4.39. The Morgan fingerprint density at radius 3 is 2.45 bits per heavy atom. The zero-order valence-corrected chi connectivity index (χ0v) is 18.1. The first-order chi connectivity index (χ1) is 13.9. The van der Waals surface area contributed by atoms with Gasteiger partial charge in [0.25, 0.3) is 0 Å². The Hall–Kier alpha value is -2.38. The van der Waals surface area contributed by atoms with Crippen molar-refractivity contribution in [3.8, 4) is 5.75 Å². The van der Waals surface area contributed by atoms with Crippen molar-refractivity contribution in [2.75, 3.05) is 13.7 Å². The molecule has 29 heavy (non-hydrogen) atoms. The molecule has 7 heteroatoms. The van der Waals surface area contributed by atoms with Gasteiger partial charge in [-0.2, -0.15) is 4.72 Å². The first-order valence-electron chi connectivity index (χ1n) is 9.86. The lowest BCUT2D eigenvalue weighted by Crippen LogP contribution is -2.48. The van der Waals surface area contributed by atoms with Gasteiger partial charge >= 0.3 is 0 Å². The van der Waals surface area contributed by atoms with Crippen LogP contribution in [0.4, 0.5) is 0 Å². The fraction of sp³-hybridized carbons (Fsp3) is 0.409. The molecular formula is C22H30N2O4S. The number of aryl methyl sites for hydroxylation is 1. The van der Waals surface area contributed by atoms with Crippen LogP contribution in [0.1, 0.15) is 37.3 Å². The highest BCUT2D eigenvalue weighted by Crippen LogP contribution is 2.21. The molecule has 1 amide bonds. The summed E-state index contributed by atoms with van der Waals surface area (Å²) in [5.74, 6) is 0.289. The van der Waals surface area contributed by atoms with Gasteiger partial charge in [0.05, 0.1) is 12.0 Å². The number of hydrogen-bond donors (Lipinski definition) is 2. The van der Waals surface area contributed by atoms with E-state index in [1.807, 2.05) is 30.3 Å². The third-order valence-electron chi connectivity index (χ3n) is 4.65. The van der Waals surface area contributed by atoms with E-state index in [0.29, 0.717) is 17.9 Å². The number of carbonyl (C=O) groups excluding carboxylic acids is 1. The molecule has 158 valence electrons. The van der Waals surface area contributed by atoms with Gasteiger partial charge in [0.15, 0.2) is 0 Å². The van der Waals surface area contributed by atoms with Crippen molar-refractivity contribution < 1.29 is 17.9 Å². The minimum atomic E-state index is -3.87. The number of unbranched alkanes of at least 4 members (excludes halogenated alkanes) is 2. The third-order valence-corrected chi connectivity index (χ3v) is 6.12. The molecule has 1 unspecified atom stereocenters. The van der Waals surface area contributed by atoms with Crippen molar-refractivity contribution in [2.24, 2.45) is 0 Å². The number of nitrogens with one attached hydrogen (secondary N) is 2. The molecule has 0 heterocycles. The molecule has 0 saturated carbocycles. The number of rotatable bonds is 11. The monoisotopic (exact) mass is 418 g/mol. The van der Waals surface area contributed by atoms with Gasteiger partial charge in [-0.1, -0.05) is 50.1 Å². The second kappa shape index (κ2) is 11.0. The maximum atomic E-state index is 12.9. The van der Waals surface area contributed by atoms with Crippen LogP contribution in [-0.4, -0.2) is 34.0 Å². The molecule has 0 aliphatic rings. The highest BCUT2D eigenvalue weighted by Gasteiger charge is 2.26. The number of carbonyl (C=O) groups is 1. The predicted octanol–water partition coefficient (Wildman–Crippen LogP) is 3.20. The van der Waals surface area contributed by atoms with Crippen LogP contribution in [0.25, 0.3) is 0 Å². The van der Waals surface area contributed by atoms with E-state index in [9.17, 15) is 13.2 Å². The van der Waals surface area contributed by atoms with E-state index in [2.05, 4.69) is 17.0 Å². The van der Waals surface area contributed by atoms with E-state index in [-0.39, 0.29) is 17.2 Å². The summed E-state index contributed by atoms with van der Waals surface area (Å²) < 4.78 is 33.6. The quantitative estimate of drug-likeness (QED) is 0.549. The van der Waals surface area contributed by atoms with E-state index >= 15 is 0 Å². The summed E-state index contributed by atoms with van der Waals surface area (Å²) in [5.41, 5.74) is 1.59. The molecule has 6 nitrogen and oxygen atoms in total. The number of sulfonamides is 1. The van der Waals surface area contributed by atoms with E-state index in [1.165, 1.54) is 13.2 Å². The summed E-state index contributed by atoms with van der Waals surface area (Å²) in [5, 5.41) is 2.86. The van der Waals surface area contributed by atoms with Crippen LogP contribution >= 0.6 is 0 Å². The third kappa shape index (κ3) is 6.87. The van der Waals surface area contributed by atoms with E-state index in [1.54, 1.807) is 19.1 Å². The van der Waals surface area contributed by atoms with Crippen LogP contribution in [0.5, 0.6) is 5.75 Å². The molecule has 0 radical (unpaired) electrons. The molecule has 0 fully saturated rings. The summed E-state index contributed by atoms with van der Waals surface area (Å²) in [4.78, 5) is 12.8. The van der Waals surface area contributed by atoms with Gasteiger partial charge in [-0.15, -0.1) is 0 Å². The SMILES string of the molecule is CCCCCNC(=O)C(Cc1ccccc1)NS(=O)(=O)c1ccc(OC)c(C)c1. The Bertz CT molecular complexity index is 898. The zero-order chi connectivity index (χ0) is 21.3. The second-order valence-electron chi connectivity index (χ2n) is 6.99. The van der Waals surface area contributed by atoms with Gasteiger partial charge in [-0.05, 0) is 49.1 Å². The van der Waals surface area contributed by atoms with Crippen LogP contribution in [0.3, 0.4) is 0 Å². The van der Waals surface area contributed by atoms with Crippen molar-refractivity contribution in [2.45, 2.75) is 50.5 Å². The smallest absolute Gasteiger partial charge is 0.241 e. The minimum absolute atomic E-state index is 0.104. The summed E-state index contributed by atoms with van der Waals surface area (Å²) >= 11 is 0. The van der Waals surface area contributed by atoms with Crippen molar-refractivity contribution in [1.29, 1.82) is 0 Å². The zero-order valence-electron chi connectivity index (χ0n) is 17.3. The molecule has 0 aliphatic carbocycles. The lowest BCUT2D eigenvalue weighted by atomic mass is 10.1. The number of amides is 1. The highest BCUT2D eigenvalue weighted by atomic mass is 32.2. The average Bonchev–Trinajstić information content (AvgIpc) is 2.71. The lowest BCUT2D eigenvalue weighted by Gasteiger charge is -2.19. The van der Waals surface area contributed by atoms with Gasteiger partial charge in [-0.25, -0.2) is 8.42 Å². The molecule has 1 atom stereocenters. The van der Waals surface area contributed by atoms with Gasteiger partial charge < -0.3 is 10.1 Å². The largest absolute Gasteiger partial charge is 0.496 e. The van der Waals surface area contributed by atoms with Crippen LogP contribution in [0, 0.1) is 6.92 Å². The van der Waals surface area contributed by atoms with E-state index < -0.39 is 16.1 Å². The first kappa shape index (κ1) is 22.9. The van der Waals surface area contributed by atoms with Crippen molar-refractivity contribution >= 4 is 15.9 Å². The highest BCUT2D eigenvalue weighted by molar-refractivity contribution is 7.89. The second-order valence-corrected chi connectivity index (χ2v) is 8.71. The maximum Gasteiger partial charge on any atom is 0.241 e. The van der Waals surface area contributed by atoms with Gasteiger partial charge in [0, 0.05) is 6.54 Å². The number of hydrogen-bond acceptors (Lipinski definition) is 4. The lowest BCUT2D eigenvalue weighted by molar-refractivity contribution is -0.122. The molecule has 2 aromatic rings. The molecule has 0 aliphatic heterocycles. The molecule has 2 rings (SSSR count). The molecular weight excluding hydrogens is 388 g/mol. The molecule has 0 aromatic heterocycles. The van der Waals surface area contributed by atoms with Crippen molar-refractivity contribution in [3.05, 3.63) is 59.7 Å². The predicted molar refractivity (Wildman–Crippen MR) is 115 cm³/mol. The summed E-state index contributed by atoms with van der Waals surface area (Å²) in [6.07, 6.45) is 3.20. The average molecular weight is 419 g/mol. The van der Waals surface area contributed by atoms with Crippen LogP contribution < -0.4 is 14.8 Å². The van der Waals surface area contributed by atoms with E-state index in [4.69, 9.17) is 4.74 Å². The fourth-order valence-corrected chi connectivity index (χ4v) is 4.30. The number of methoxy groups -OCH3 is 1. The molecule has 0 saturated heterocycles. The molecule has 0 spiro atoms. The Morgan fingerprint density at radius 2 is 1.83 bits per heavy atom. The van der Waals surface area contributed by atoms with Crippen molar-refractivity contribution in [3.63, 3.8) is 0 Å². The topological polar surface area (TPSA) is 84.5 Å². The molecule has 2 aromatic carbocycles. The Kier molecular flexibility index (Phi) is 8.67. The van der Waals surface area contributed by atoms with E-state index in [0.717, 1.165) is 24.8 Å². The number of benzene rings is 2. The summed E-state index contributed by atoms with van der Waals surface area (Å²) in [6, 6.07) is 13.1.